The van der Waals surface area contributed by atoms with Crippen LogP contribution in [0.5, 0.6) is 0 Å². The van der Waals surface area contributed by atoms with Crippen LogP contribution in [0.15, 0.2) is 11.5 Å². The van der Waals surface area contributed by atoms with Crippen LogP contribution < -0.4 is 0 Å². The summed E-state index contributed by atoms with van der Waals surface area (Å²) in [6.45, 7) is 1.95. The molecule has 0 saturated heterocycles. The molecule has 0 unspecified atom stereocenters. The van der Waals surface area contributed by atoms with Crippen LogP contribution in [0.3, 0.4) is 0 Å². The average Bonchev–Trinajstić information content (AvgIpc) is 1.89. The fraction of sp³-hybridized carbons (Fsp3) is 0.667. The molecule has 60 valence electrons. The van der Waals surface area contributed by atoms with E-state index in [9.17, 15) is 8.42 Å². The molecular formula is C6H12O3S. The van der Waals surface area contributed by atoms with Crippen molar-refractivity contribution in [2.45, 2.75) is 6.92 Å². The van der Waals surface area contributed by atoms with Gasteiger partial charge in [0.05, 0.1) is 12.4 Å². The van der Waals surface area contributed by atoms with Gasteiger partial charge in [-0.3, -0.25) is 0 Å². The summed E-state index contributed by atoms with van der Waals surface area (Å²) in [5.41, 5.74) is 0. The summed E-state index contributed by atoms with van der Waals surface area (Å²) in [4.78, 5) is 0. The van der Waals surface area contributed by atoms with E-state index < -0.39 is 9.84 Å². The van der Waals surface area contributed by atoms with E-state index in [0.29, 0.717) is 6.61 Å². The largest absolute Gasteiger partial charge is 0.381 e. The van der Waals surface area contributed by atoms with Crippen molar-refractivity contribution in [3.05, 3.63) is 11.5 Å². The van der Waals surface area contributed by atoms with Crippen LogP contribution in [0, 0.1) is 0 Å². The number of hydrogen-bond acceptors (Lipinski definition) is 3. The smallest absolute Gasteiger partial charge is 0.171 e. The van der Waals surface area contributed by atoms with Gasteiger partial charge in [0.1, 0.15) is 0 Å². The molecule has 0 spiro atoms. The standard InChI is InChI=1S/C6H12O3S/c1-3-10(7,8)6-4-5-9-2/h4,6H,3,5H2,1-2H3/b6-4+. The molecule has 0 aromatic rings. The van der Waals surface area contributed by atoms with Crippen LogP contribution in [0.25, 0.3) is 0 Å². The first kappa shape index (κ1) is 9.65. The van der Waals surface area contributed by atoms with Gasteiger partial charge in [0.15, 0.2) is 9.84 Å². The lowest BCUT2D eigenvalue weighted by molar-refractivity contribution is 0.234. The number of ether oxygens (including phenoxy) is 1. The van der Waals surface area contributed by atoms with Gasteiger partial charge < -0.3 is 4.74 Å². The zero-order chi connectivity index (χ0) is 8.04. The normalized spacial score (nSPS) is 12.6. The minimum absolute atomic E-state index is 0.146. The predicted molar refractivity (Wildman–Crippen MR) is 40.5 cm³/mol. The van der Waals surface area contributed by atoms with E-state index in [2.05, 4.69) is 4.74 Å². The van der Waals surface area contributed by atoms with Gasteiger partial charge in [-0.05, 0) is 6.08 Å². The van der Waals surface area contributed by atoms with Crippen molar-refractivity contribution in [2.75, 3.05) is 19.5 Å². The Bertz CT molecular complexity index is 191. The number of hydrogen-bond donors (Lipinski definition) is 0. The molecule has 0 fully saturated rings. The maximum absolute atomic E-state index is 10.7. The summed E-state index contributed by atoms with van der Waals surface area (Å²) >= 11 is 0. The summed E-state index contributed by atoms with van der Waals surface area (Å²) in [6, 6.07) is 0. The highest BCUT2D eigenvalue weighted by Gasteiger charge is 1.98. The molecule has 0 aromatic carbocycles. The maximum atomic E-state index is 10.7. The fourth-order valence-electron chi connectivity index (χ4n) is 0.378. The lowest BCUT2D eigenvalue weighted by Crippen LogP contribution is -1.97. The summed E-state index contributed by atoms with van der Waals surface area (Å²) in [6.07, 6.45) is 1.48. The van der Waals surface area contributed by atoms with Crippen molar-refractivity contribution in [3.8, 4) is 0 Å². The Morgan fingerprint density at radius 2 is 2.10 bits per heavy atom. The van der Waals surface area contributed by atoms with E-state index >= 15 is 0 Å². The molecule has 0 bridgehead atoms. The number of sulfone groups is 1. The van der Waals surface area contributed by atoms with Gasteiger partial charge in [0.25, 0.3) is 0 Å². The van der Waals surface area contributed by atoms with Gasteiger partial charge in [-0.15, -0.1) is 0 Å². The van der Waals surface area contributed by atoms with Crippen LogP contribution in [-0.2, 0) is 14.6 Å². The molecular weight excluding hydrogens is 152 g/mol. The van der Waals surface area contributed by atoms with Crippen molar-refractivity contribution in [2.24, 2.45) is 0 Å². The monoisotopic (exact) mass is 164 g/mol. The van der Waals surface area contributed by atoms with Gasteiger partial charge >= 0.3 is 0 Å². The summed E-state index contributed by atoms with van der Waals surface area (Å²) in [5.74, 6) is 0.146. The van der Waals surface area contributed by atoms with E-state index in [1.54, 1.807) is 6.92 Å². The first-order chi connectivity index (χ1) is 4.62. The van der Waals surface area contributed by atoms with E-state index in [1.807, 2.05) is 0 Å². The third kappa shape index (κ3) is 4.52. The Balaban J connectivity index is 3.89. The van der Waals surface area contributed by atoms with Gasteiger partial charge in [-0.2, -0.15) is 0 Å². The number of rotatable bonds is 4. The molecule has 3 nitrogen and oxygen atoms in total. The van der Waals surface area contributed by atoms with Crippen LogP contribution in [0.4, 0.5) is 0 Å². The Hall–Kier alpha value is -0.350. The molecule has 4 heteroatoms. The van der Waals surface area contributed by atoms with Crippen LogP contribution in [-0.4, -0.2) is 27.9 Å². The van der Waals surface area contributed by atoms with Crippen LogP contribution in [0.2, 0.25) is 0 Å². The van der Waals surface area contributed by atoms with E-state index in [0.717, 1.165) is 0 Å². The van der Waals surface area contributed by atoms with Crippen LogP contribution >= 0.6 is 0 Å². The second kappa shape index (κ2) is 4.46. The molecule has 0 aliphatic carbocycles. The molecule has 0 rings (SSSR count). The Labute approximate surface area is 61.6 Å². The molecule has 0 N–H and O–H groups in total. The molecule has 0 aromatic heterocycles. The van der Waals surface area contributed by atoms with E-state index in [-0.39, 0.29) is 5.75 Å². The lowest BCUT2D eigenvalue weighted by atomic mass is 10.7. The SMILES string of the molecule is CCS(=O)(=O)/C=C/COC. The Morgan fingerprint density at radius 3 is 2.50 bits per heavy atom. The average molecular weight is 164 g/mol. The minimum atomic E-state index is -2.95. The molecule has 10 heavy (non-hydrogen) atoms. The molecule has 0 saturated carbocycles. The Morgan fingerprint density at radius 1 is 1.50 bits per heavy atom. The second-order valence-electron chi connectivity index (χ2n) is 1.78. The van der Waals surface area contributed by atoms with Gasteiger partial charge in [-0.1, -0.05) is 6.92 Å². The molecule has 0 atom stereocenters. The van der Waals surface area contributed by atoms with Crippen molar-refractivity contribution in [3.63, 3.8) is 0 Å². The third-order valence-electron chi connectivity index (χ3n) is 0.969. The van der Waals surface area contributed by atoms with Gasteiger partial charge in [0.2, 0.25) is 0 Å². The first-order valence-electron chi connectivity index (χ1n) is 3.00. The molecule has 0 aliphatic rings. The summed E-state index contributed by atoms with van der Waals surface area (Å²) in [7, 11) is -1.44. The van der Waals surface area contributed by atoms with Crippen molar-refractivity contribution < 1.29 is 13.2 Å². The van der Waals surface area contributed by atoms with E-state index in [4.69, 9.17) is 0 Å². The quantitative estimate of drug-likeness (QED) is 0.610. The minimum Gasteiger partial charge on any atom is -0.381 e. The highest BCUT2D eigenvalue weighted by atomic mass is 32.2. The maximum Gasteiger partial charge on any atom is 0.171 e. The second-order valence-corrected chi connectivity index (χ2v) is 3.95. The topological polar surface area (TPSA) is 43.4 Å². The fourth-order valence-corrected chi connectivity index (χ4v) is 0.943. The zero-order valence-electron chi connectivity index (χ0n) is 6.20. The highest BCUT2D eigenvalue weighted by molar-refractivity contribution is 7.94. The molecule has 0 heterocycles. The van der Waals surface area contributed by atoms with Crippen molar-refractivity contribution in [1.29, 1.82) is 0 Å². The molecule has 0 radical (unpaired) electrons. The molecule has 0 aliphatic heterocycles. The van der Waals surface area contributed by atoms with Crippen molar-refractivity contribution >= 4 is 9.84 Å². The summed E-state index contributed by atoms with van der Waals surface area (Å²) < 4.78 is 26.1. The van der Waals surface area contributed by atoms with Crippen molar-refractivity contribution in [1.82, 2.24) is 0 Å². The Kier molecular flexibility index (Phi) is 4.31. The zero-order valence-corrected chi connectivity index (χ0v) is 7.02. The van der Waals surface area contributed by atoms with E-state index in [1.165, 1.54) is 18.6 Å². The highest BCUT2D eigenvalue weighted by Crippen LogP contribution is 1.90. The summed E-state index contributed by atoms with van der Waals surface area (Å²) in [5, 5.41) is 1.18. The van der Waals surface area contributed by atoms with Gasteiger partial charge in [0, 0.05) is 12.5 Å². The molecule has 0 amide bonds. The number of methoxy groups -OCH3 is 1. The van der Waals surface area contributed by atoms with Crippen LogP contribution in [0.1, 0.15) is 6.92 Å². The lowest BCUT2D eigenvalue weighted by Gasteiger charge is -1.90. The van der Waals surface area contributed by atoms with Gasteiger partial charge in [-0.25, -0.2) is 8.42 Å². The predicted octanol–water partition coefficient (Wildman–Crippen LogP) is 0.581. The first-order valence-corrected chi connectivity index (χ1v) is 4.72. The third-order valence-corrected chi connectivity index (χ3v) is 2.38.